The molecule has 7 heteroatoms. The van der Waals surface area contributed by atoms with Crippen molar-refractivity contribution in [1.29, 1.82) is 0 Å². The van der Waals surface area contributed by atoms with Gasteiger partial charge in [-0.15, -0.1) is 0 Å². The highest BCUT2D eigenvalue weighted by Crippen LogP contribution is 2.31. The number of nitro groups is 1. The Kier molecular flexibility index (Phi) is 5.04. The summed E-state index contributed by atoms with van der Waals surface area (Å²) in [6, 6.07) is 12.8. The van der Waals surface area contributed by atoms with Gasteiger partial charge in [-0.1, -0.05) is 23.9 Å². The lowest BCUT2D eigenvalue weighted by atomic mass is 10.1. The second kappa shape index (κ2) is 7.40. The van der Waals surface area contributed by atoms with Crippen LogP contribution in [0.2, 0.25) is 0 Å². The van der Waals surface area contributed by atoms with Gasteiger partial charge in [-0.25, -0.2) is 0 Å². The quantitative estimate of drug-likeness (QED) is 0.634. The number of nitro benzene ring substituents is 1. The third-order valence-electron chi connectivity index (χ3n) is 4.58. The first-order valence-corrected chi connectivity index (χ1v) is 8.24. The van der Waals surface area contributed by atoms with E-state index in [4.69, 9.17) is 4.74 Å². The Hall–Kier alpha value is -2.80. The number of hydrogen-bond acceptors (Lipinski definition) is 5. The van der Waals surface area contributed by atoms with Crippen LogP contribution in [0.25, 0.3) is 0 Å². The van der Waals surface area contributed by atoms with E-state index in [2.05, 4.69) is 17.0 Å². The van der Waals surface area contributed by atoms with Crippen LogP contribution < -0.4 is 19.6 Å². The lowest BCUT2D eigenvalue weighted by molar-refractivity contribution is -0.914. The minimum Gasteiger partial charge on any atom is -0.870 e. The smallest absolute Gasteiger partial charge is 0.273 e. The molecule has 0 radical (unpaired) electrons. The van der Waals surface area contributed by atoms with Gasteiger partial charge in [-0.05, 0) is 12.1 Å². The Morgan fingerprint density at radius 3 is 2.48 bits per heavy atom. The van der Waals surface area contributed by atoms with E-state index in [1.54, 1.807) is 0 Å². The molecule has 25 heavy (non-hydrogen) atoms. The lowest BCUT2D eigenvalue weighted by Gasteiger charge is -2.34. The molecule has 0 aromatic heterocycles. The number of para-hydroxylation sites is 1. The van der Waals surface area contributed by atoms with E-state index in [1.165, 1.54) is 29.8 Å². The summed E-state index contributed by atoms with van der Waals surface area (Å²) in [5.41, 5.74) is 1.53. The third kappa shape index (κ3) is 3.83. The number of non-ortho nitro benzene ring substituents is 1. The molecule has 2 aromatic rings. The van der Waals surface area contributed by atoms with E-state index in [9.17, 15) is 15.2 Å². The number of rotatable bonds is 5. The predicted molar refractivity (Wildman–Crippen MR) is 92.2 cm³/mol. The average Bonchev–Trinajstić information content (AvgIpc) is 2.64. The molecule has 0 amide bonds. The molecule has 0 aliphatic carbocycles. The zero-order valence-corrected chi connectivity index (χ0v) is 14.1. The summed E-state index contributed by atoms with van der Waals surface area (Å²) in [7, 11) is 1.36. The minimum atomic E-state index is -0.492. The molecule has 3 rings (SSSR count). The maximum absolute atomic E-state index is 12.4. The Balaban J connectivity index is 1.69. The van der Waals surface area contributed by atoms with Crippen molar-refractivity contribution in [2.45, 2.75) is 6.54 Å². The van der Waals surface area contributed by atoms with Crippen molar-refractivity contribution in [2.75, 3.05) is 38.2 Å². The van der Waals surface area contributed by atoms with Gasteiger partial charge in [0.05, 0.1) is 44.3 Å². The van der Waals surface area contributed by atoms with Crippen LogP contribution in [0, 0.1) is 10.1 Å². The first kappa shape index (κ1) is 17.0. The van der Waals surface area contributed by atoms with E-state index in [-0.39, 0.29) is 17.2 Å². The first-order chi connectivity index (χ1) is 12.1. The van der Waals surface area contributed by atoms with Crippen molar-refractivity contribution in [3.63, 3.8) is 0 Å². The van der Waals surface area contributed by atoms with Gasteiger partial charge in [0.1, 0.15) is 12.3 Å². The van der Waals surface area contributed by atoms with Crippen LogP contribution in [0.4, 0.5) is 11.4 Å². The van der Waals surface area contributed by atoms with Gasteiger partial charge in [-0.2, -0.15) is 0 Å². The molecule has 1 saturated heterocycles. The third-order valence-corrected chi connectivity index (χ3v) is 4.58. The van der Waals surface area contributed by atoms with Gasteiger partial charge in [0.2, 0.25) is 0 Å². The molecule has 1 N–H and O–H groups in total. The zero-order valence-electron chi connectivity index (χ0n) is 14.1. The van der Waals surface area contributed by atoms with Crippen molar-refractivity contribution >= 4 is 11.4 Å². The SMILES string of the molecule is COc1cc([N+](=O)[O-])cc(C[NH+]2CCN(c3ccccc3)CC2)c1[O-]. The monoisotopic (exact) mass is 343 g/mol. The molecule has 0 atom stereocenters. The second-order valence-electron chi connectivity index (χ2n) is 6.14. The van der Waals surface area contributed by atoms with Gasteiger partial charge >= 0.3 is 0 Å². The molecule has 7 nitrogen and oxygen atoms in total. The molecule has 0 saturated carbocycles. The molecule has 2 aromatic carbocycles. The highest BCUT2D eigenvalue weighted by Gasteiger charge is 2.22. The number of nitrogens with one attached hydrogen (secondary N) is 1. The van der Waals surface area contributed by atoms with Crippen LogP contribution in [0.5, 0.6) is 11.5 Å². The second-order valence-corrected chi connectivity index (χ2v) is 6.14. The van der Waals surface area contributed by atoms with Gasteiger partial charge in [0, 0.05) is 17.3 Å². The van der Waals surface area contributed by atoms with E-state index in [1.807, 2.05) is 18.2 Å². The molecule has 0 bridgehead atoms. The molecular formula is C18H21N3O4. The summed E-state index contributed by atoms with van der Waals surface area (Å²) in [6.45, 7) is 4.00. The van der Waals surface area contributed by atoms with Gasteiger partial charge in [0.25, 0.3) is 5.69 Å². The molecule has 1 aliphatic heterocycles. The number of nitrogens with zero attached hydrogens (tertiary/aromatic N) is 2. The maximum Gasteiger partial charge on any atom is 0.273 e. The van der Waals surface area contributed by atoms with E-state index < -0.39 is 4.92 Å². The van der Waals surface area contributed by atoms with Crippen molar-refractivity contribution in [2.24, 2.45) is 0 Å². The van der Waals surface area contributed by atoms with E-state index in [0.717, 1.165) is 26.2 Å². The summed E-state index contributed by atoms with van der Waals surface area (Å²) in [6.07, 6.45) is 0. The van der Waals surface area contributed by atoms with Crippen LogP contribution in [0.3, 0.4) is 0 Å². The van der Waals surface area contributed by atoms with Crippen molar-refractivity contribution < 1.29 is 19.7 Å². The van der Waals surface area contributed by atoms with Crippen molar-refractivity contribution in [3.8, 4) is 11.5 Å². The summed E-state index contributed by atoms with van der Waals surface area (Å²) in [5.74, 6) is -0.224. The number of benzene rings is 2. The number of anilines is 1. The number of hydrogen-bond donors (Lipinski definition) is 1. The van der Waals surface area contributed by atoms with Crippen molar-refractivity contribution in [3.05, 3.63) is 58.1 Å². The molecule has 0 spiro atoms. The Morgan fingerprint density at radius 2 is 1.88 bits per heavy atom. The highest BCUT2D eigenvalue weighted by molar-refractivity contribution is 5.52. The number of ether oxygens (including phenoxy) is 1. The summed E-state index contributed by atoms with van der Waals surface area (Å²) in [4.78, 5) is 14.1. The van der Waals surface area contributed by atoms with Gasteiger partial charge < -0.3 is 19.6 Å². The van der Waals surface area contributed by atoms with Crippen molar-refractivity contribution in [1.82, 2.24) is 0 Å². The lowest BCUT2D eigenvalue weighted by Crippen LogP contribution is -3.13. The molecular weight excluding hydrogens is 322 g/mol. The molecule has 1 fully saturated rings. The summed E-state index contributed by atoms with van der Waals surface area (Å²) < 4.78 is 5.01. The topological polar surface area (TPSA) is 83.1 Å². The van der Waals surface area contributed by atoms with Crippen LogP contribution in [-0.4, -0.2) is 38.2 Å². The number of methoxy groups -OCH3 is 1. The zero-order chi connectivity index (χ0) is 17.8. The Bertz CT molecular complexity index is 743. The van der Waals surface area contributed by atoms with Crippen LogP contribution in [0.15, 0.2) is 42.5 Å². The summed E-state index contributed by atoms with van der Waals surface area (Å²) >= 11 is 0. The first-order valence-electron chi connectivity index (χ1n) is 8.24. The normalized spacial score (nSPS) is 15.2. The molecule has 1 aliphatic rings. The van der Waals surface area contributed by atoms with E-state index >= 15 is 0 Å². The highest BCUT2D eigenvalue weighted by atomic mass is 16.6. The summed E-state index contributed by atoms with van der Waals surface area (Å²) in [5, 5.41) is 23.4. The molecule has 1 heterocycles. The van der Waals surface area contributed by atoms with Crippen LogP contribution in [0.1, 0.15) is 5.56 Å². The minimum absolute atomic E-state index is 0.0338. The number of piperazine rings is 1. The Morgan fingerprint density at radius 1 is 1.20 bits per heavy atom. The number of quaternary nitrogens is 1. The fraction of sp³-hybridized carbons (Fsp3) is 0.333. The molecule has 0 unspecified atom stereocenters. The fourth-order valence-electron chi connectivity index (χ4n) is 3.20. The molecule has 132 valence electrons. The maximum atomic E-state index is 12.4. The predicted octanol–water partition coefficient (Wildman–Crippen LogP) is 0.582. The fourth-order valence-corrected chi connectivity index (χ4v) is 3.20. The van der Waals surface area contributed by atoms with Gasteiger partial charge in [0.15, 0.2) is 0 Å². The van der Waals surface area contributed by atoms with Crippen LogP contribution >= 0.6 is 0 Å². The largest absolute Gasteiger partial charge is 0.870 e. The standard InChI is InChI=1S/C18H21N3O4/c1-25-17-12-16(21(23)24)11-14(18(17)22)13-19-7-9-20(10-8-19)15-5-3-2-4-6-15/h2-6,11-12,22H,7-10,13H2,1H3. The van der Waals surface area contributed by atoms with E-state index in [0.29, 0.717) is 12.1 Å². The van der Waals surface area contributed by atoms with Gasteiger partial charge in [-0.3, -0.25) is 10.1 Å². The average molecular weight is 343 g/mol. The van der Waals surface area contributed by atoms with Crippen LogP contribution in [-0.2, 0) is 6.54 Å². The Labute approximate surface area is 146 Å².